The molecule has 0 saturated carbocycles. The lowest BCUT2D eigenvalue weighted by Crippen LogP contribution is -2.40. The molecule has 0 aliphatic carbocycles. The Morgan fingerprint density at radius 1 is 1.44 bits per heavy atom. The normalized spacial score (nSPS) is 16.1. The maximum Gasteiger partial charge on any atom is 0.123 e. The Hall–Kier alpha value is -1.04. The summed E-state index contributed by atoms with van der Waals surface area (Å²) in [4.78, 5) is 8.78. The molecule has 3 heterocycles. The van der Waals surface area contributed by atoms with Gasteiger partial charge in [-0.15, -0.1) is 11.3 Å². The summed E-state index contributed by atoms with van der Waals surface area (Å²) in [5.74, 6) is 0. The van der Waals surface area contributed by atoms with Gasteiger partial charge in [0.1, 0.15) is 4.83 Å². The molecular weight excluding hydrogens is 264 g/mol. The van der Waals surface area contributed by atoms with E-state index in [4.69, 9.17) is 17.0 Å². The number of pyridine rings is 1. The number of thiocarbonyl (C=S) groups is 1. The van der Waals surface area contributed by atoms with Crippen LogP contribution in [0.5, 0.6) is 0 Å². The van der Waals surface area contributed by atoms with Crippen molar-refractivity contribution >= 4 is 38.8 Å². The number of rotatable bonds is 2. The molecule has 3 nitrogen and oxygen atoms in total. The summed E-state index contributed by atoms with van der Waals surface area (Å²) in [5, 5.41) is 3.28. The second kappa shape index (κ2) is 5.30. The highest BCUT2D eigenvalue weighted by molar-refractivity contribution is 7.80. The first kappa shape index (κ1) is 12.0. The predicted octanol–water partition coefficient (Wildman–Crippen LogP) is 2.50. The largest absolute Gasteiger partial charge is 0.378 e. The molecular formula is C13H14N2OS2. The zero-order valence-corrected chi connectivity index (χ0v) is 11.6. The van der Waals surface area contributed by atoms with Gasteiger partial charge in [-0.2, -0.15) is 0 Å². The van der Waals surface area contributed by atoms with Gasteiger partial charge >= 0.3 is 0 Å². The van der Waals surface area contributed by atoms with Crippen molar-refractivity contribution in [3.05, 3.63) is 29.3 Å². The number of hydrogen-bond acceptors (Lipinski definition) is 4. The molecule has 94 valence electrons. The van der Waals surface area contributed by atoms with Gasteiger partial charge in [-0.25, -0.2) is 4.98 Å². The Morgan fingerprint density at radius 3 is 3.11 bits per heavy atom. The molecule has 2 aromatic heterocycles. The van der Waals surface area contributed by atoms with E-state index in [2.05, 4.69) is 27.4 Å². The number of fused-ring (bicyclic) bond motifs is 1. The molecule has 0 aromatic carbocycles. The molecule has 0 atom stereocenters. The van der Waals surface area contributed by atoms with E-state index in [1.807, 2.05) is 6.20 Å². The topological polar surface area (TPSA) is 25.4 Å². The van der Waals surface area contributed by atoms with E-state index in [1.54, 1.807) is 11.3 Å². The van der Waals surface area contributed by atoms with Gasteiger partial charge in [0.15, 0.2) is 0 Å². The van der Waals surface area contributed by atoms with E-state index in [-0.39, 0.29) is 0 Å². The Bertz CT molecular complexity index is 561. The number of thiophene rings is 1. The maximum absolute atomic E-state index is 5.50. The average molecular weight is 278 g/mol. The fourth-order valence-corrected chi connectivity index (χ4v) is 3.17. The van der Waals surface area contributed by atoms with Crippen molar-refractivity contribution in [3.8, 4) is 0 Å². The fourth-order valence-electron chi connectivity index (χ4n) is 2.10. The molecule has 0 amide bonds. The van der Waals surface area contributed by atoms with E-state index < -0.39 is 0 Å². The first-order valence-corrected chi connectivity index (χ1v) is 7.29. The van der Waals surface area contributed by atoms with Crippen molar-refractivity contribution in [2.24, 2.45) is 0 Å². The SMILES string of the molecule is S=C(Cc1cnc2sccc2c1)N1CCOCC1. The van der Waals surface area contributed by atoms with Crippen LogP contribution in [-0.4, -0.2) is 41.2 Å². The summed E-state index contributed by atoms with van der Waals surface area (Å²) in [5.41, 5.74) is 1.19. The second-order valence-electron chi connectivity index (χ2n) is 4.33. The molecule has 18 heavy (non-hydrogen) atoms. The van der Waals surface area contributed by atoms with E-state index in [0.717, 1.165) is 42.5 Å². The van der Waals surface area contributed by atoms with Crippen LogP contribution in [0.1, 0.15) is 5.56 Å². The third-order valence-electron chi connectivity index (χ3n) is 3.08. The quantitative estimate of drug-likeness (QED) is 0.788. The van der Waals surface area contributed by atoms with Gasteiger partial charge in [0.25, 0.3) is 0 Å². The van der Waals surface area contributed by atoms with Crippen molar-refractivity contribution in [2.45, 2.75) is 6.42 Å². The first-order chi connectivity index (χ1) is 8.83. The van der Waals surface area contributed by atoms with Crippen molar-refractivity contribution in [1.29, 1.82) is 0 Å². The highest BCUT2D eigenvalue weighted by atomic mass is 32.1. The molecule has 2 aromatic rings. The zero-order valence-electron chi connectivity index (χ0n) is 9.96. The minimum atomic E-state index is 0.780. The second-order valence-corrected chi connectivity index (χ2v) is 5.69. The van der Waals surface area contributed by atoms with E-state index >= 15 is 0 Å². The lowest BCUT2D eigenvalue weighted by atomic mass is 10.1. The van der Waals surface area contributed by atoms with Crippen LogP contribution in [0.25, 0.3) is 10.2 Å². The summed E-state index contributed by atoms with van der Waals surface area (Å²) in [6.45, 7) is 3.38. The van der Waals surface area contributed by atoms with Gasteiger partial charge in [0.2, 0.25) is 0 Å². The first-order valence-electron chi connectivity index (χ1n) is 6.00. The lowest BCUT2D eigenvalue weighted by Gasteiger charge is -2.29. The molecule has 1 saturated heterocycles. The summed E-state index contributed by atoms with van der Waals surface area (Å²) >= 11 is 7.18. The molecule has 1 aliphatic heterocycles. The monoisotopic (exact) mass is 278 g/mol. The van der Waals surface area contributed by atoms with Crippen LogP contribution in [0.3, 0.4) is 0 Å². The van der Waals surface area contributed by atoms with Crippen LogP contribution in [0, 0.1) is 0 Å². The van der Waals surface area contributed by atoms with Crippen LogP contribution in [0.4, 0.5) is 0 Å². The fraction of sp³-hybridized carbons (Fsp3) is 0.385. The summed E-state index contributed by atoms with van der Waals surface area (Å²) in [6.07, 6.45) is 2.74. The molecule has 0 radical (unpaired) electrons. The van der Waals surface area contributed by atoms with Crippen LogP contribution in [0.2, 0.25) is 0 Å². The predicted molar refractivity (Wildman–Crippen MR) is 78.3 cm³/mol. The number of morpholine rings is 1. The van der Waals surface area contributed by atoms with Crippen LogP contribution in [-0.2, 0) is 11.2 Å². The number of ether oxygens (including phenoxy) is 1. The van der Waals surface area contributed by atoms with Crippen LogP contribution < -0.4 is 0 Å². The lowest BCUT2D eigenvalue weighted by molar-refractivity contribution is 0.0684. The minimum Gasteiger partial charge on any atom is -0.378 e. The summed E-state index contributed by atoms with van der Waals surface area (Å²) < 4.78 is 5.34. The van der Waals surface area contributed by atoms with Crippen LogP contribution in [0.15, 0.2) is 23.7 Å². The van der Waals surface area contributed by atoms with Crippen molar-refractivity contribution in [2.75, 3.05) is 26.3 Å². The van der Waals surface area contributed by atoms with Crippen molar-refractivity contribution in [1.82, 2.24) is 9.88 Å². The van der Waals surface area contributed by atoms with Crippen LogP contribution >= 0.6 is 23.6 Å². The molecule has 5 heteroatoms. The number of nitrogens with zero attached hydrogens (tertiary/aromatic N) is 2. The molecule has 0 N–H and O–H groups in total. The third-order valence-corrected chi connectivity index (χ3v) is 4.32. The zero-order chi connectivity index (χ0) is 12.4. The standard InChI is InChI=1S/C13H14N2OS2/c17-12(15-2-4-16-5-3-15)8-10-7-11-1-6-18-13(11)14-9-10/h1,6-7,9H,2-5,8H2. The van der Waals surface area contributed by atoms with Gasteiger partial charge in [-0.3, -0.25) is 0 Å². The average Bonchev–Trinajstić information content (AvgIpc) is 2.87. The molecule has 0 bridgehead atoms. The molecule has 0 spiro atoms. The van der Waals surface area contributed by atoms with Gasteiger partial charge in [0.05, 0.1) is 18.2 Å². The highest BCUT2D eigenvalue weighted by Crippen LogP contribution is 2.19. The van der Waals surface area contributed by atoms with Gasteiger partial charge in [-0.05, 0) is 23.1 Å². The Morgan fingerprint density at radius 2 is 2.28 bits per heavy atom. The molecule has 3 rings (SSSR count). The molecule has 1 aliphatic rings. The summed E-state index contributed by atoms with van der Waals surface area (Å²) in [7, 11) is 0. The van der Waals surface area contributed by atoms with E-state index in [0.29, 0.717) is 0 Å². The Kier molecular flexibility index (Phi) is 3.54. The maximum atomic E-state index is 5.50. The molecule has 1 fully saturated rings. The van der Waals surface area contributed by atoms with E-state index in [1.165, 1.54) is 10.9 Å². The third kappa shape index (κ3) is 2.53. The summed E-state index contributed by atoms with van der Waals surface area (Å²) in [6, 6.07) is 4.29. The van der Waals surface area contributed by atoms with Gasteiger partial charge in [0, 0.05) is 31.1 Å². The Balaban J connectivity index is 1.72. The van der Waals surface area contributed by atoms with Gasteiger partial charge in [-0.1, -0.05) is 12.2 Å². The van der Waals surface area contributed by atoms with Crippen molar-refractivity contribution < 1.29 is 4.74 Å². The van der Waals surface area contributed by atoms with Gasteiger partial charge < -0.3 is 9.64 Å². The Labute approximate surface area is 115 Å². The number of hydrogen-bond donors (Lipinski definition) is 0. The minimum absolute atomic E-state index is 0.780. The van der Waals surface area contributed by atoms with E-state index in [9.17, 15) is 0 Å². The smallest absolute Gasteiger partial charge is 0.123 e. The highest BCUT2D eigenvalue weighted by Gasteiger charge is 2.14. The number of aromatic nitrogens is 1. The van der Waals surface area contributed by atoms with Crippen molar-refractivity contribution in [3.63, 3.8) is 0 Å². The molecule has 0 unspecified atom stereocenters.